The third kappa shape index (κ3) is 3.99. The Bertz CT molecular complexity index is 3390. The lowest BCUT2D eigenvalue weighted by Gasteiger charge is -2.43. The fraction of sp³-hybridized carbons (Fsp3) is 0.164. The molecule has 10 aromatic rings. The summed E-state index contributed by atoms with van der Waals surface area (Å²) >= 11 is 0. The van der Waals surface area contributed by atoms with Crippen LogP contribution in [-0.4, -0.2) is 14.5 Å². The lowest BCUT2D eigenvalue weighted by atomic mass is 9.59. The maximum Gasteiger partial charge on any atom is 0.235 e. The van der Waals surface area contributed by atoms with Crippen molar-refractivity contribution in [2.45, 2.75) is 31.1 Å². The molecule has 0 aliphatic heterocycles. The topological polar surface area (TPSA) is 30.7 Å². The first kappa shape index (κ1) is 31.5. The van der Waals surface area contributed by atoms with Gasteiger partial charge in [-0.15, -0.1) is 0 Å². The molecule has 5 unspecified atom stereocenters. The molecule has 4 saturated carbocycles. The van der Waals surface area contributed by atoms with E-state index in [1.807, 2.05) is 0 Å². The molecule has 4 bridgehead atoms. The molecule has 0 saturated heterocycles. The van der Waals surface area contributed by atoms with Gasteiger partial charge < -0.3 is 0 Å². The van der Waals surface area contributed by atoms with Crippen molar-refractivity contribution in [3.63, 3.8) is 0 Å². The summed E-state index contributed by atoms with van der Waals surface area (Å²) in [6.45, 7) is 0. The maximum absolute atomic E-state index is 5.50. The van der Waals surface area contributed by atoms with Gasteiger partial charge in [-0.25, -0.2) is 9.97 Å². The summed E-state index contributed by atoms with van der Waals surface area (Å²) in [5, 5.41) is 8.18. The second-order valence-electron chi connectivity index (χ2n) is 17.7. The van der Waals surface area contributed by atoms with Crippen molar-refractivity contribution in [1.82, 2.24) is 14.5 Å². The van der Waals surface area contributed by atoms with Gasteiger partial charge in [-0.1, -0.05) is 140 Å². The molecular formula is C55H39N3. The van der Waals surface area contributed by atoms with Crippen LogP contribution in [0.4, 0.5) is 0 Å². The van der Waals surface area contributed by atoms with Crippen molar-refractivity contribution < 1.29 is 0 Å². The number of rotatable bonds is 3. The van der Waals surface area contributed by atoms with E-state index < -0.39 is 0 Å². The van der Waals surface area contributed by atoms with Gasteiger partial charge in [0.1, 0.15) is 0 Å². The van der Waals surface area contributed by atoms with Crippen LogP contribution in [0.3, 0.4) is 0 Å². The molecule has 2 aromatic heterocycles. The molecule has 15 rings (SSSR count). The van der Waals surface area contributed by atoms with E-state index in [-0.39, 0.29) is 5.41 Å². The Labute approximate surface area is 336 Å². The van der Waals surface area contributed by atoms with Gasteiger partial charge in [0.05, 0.1) is 22.2 Å². The molecule has 8 aromatic carbocycles. The highest BCUT2D eigenvalue weighted by atomic mass is 15.2. The van der Waals surface area contributed by atoms with Crippen molar-refractivity contribution in [2.24, 2.45) is 23.7 Å². The van der Waals surface area contributed by atoms with E-state index in [1.165, 1.54) is 74.9 Å². The van der Waals surface area contributed by atoms with Gasteiger partial charge in [0, 0.05) is 37.9 Å². The molecule has 1 spiro atoms. The first-order chi connectivity index (χ1) is 28.7. The quantitative estimate of drug-likeness (QED) is 0.169. The zero-order chi connectivity index (χ0) is 37.7. The van der Waals surface area contributed by atoms with Crippen LogP contribution in [0.15, 0.2) is 164 Å². The second-order valence-corrected chi connectivity index (χ2v) is 17.7. The summed E-state index contributed by atoms with van der Waals surface area (Å²) in [5.41, 5.74) is 14.1. The predicted molar refractivity (Wildman–Crippen MR) is 238 cm³/mol. The molecule has 2 heterocycles. The van der Waals surface area contributed by atoms with E-state index in [4.69, 9.17) is 9.97 Å². The Balaban J connectivity index is 1.01. The van der Waals surface area contributed by atoms with E-state index in [0.29, 0.717) is 5.95 Å². The molecule has 5 aliphatic carbocycles. The summed E-state index contributed by atoms with van der Waals surface area (Å²) < 4.78 is 2.33. The average Bonchev–Trinajstić information content (AvgIpc) is 3.95. The molecule has 5 atom stereocenters. The maximum atomic E-state index is 5.50. The van der Waals surface area contributed by atoms with Gasteiger partial charge in [-0.3, -0.25) is 4.57 Å². The van der Waals surface area contributed by atoms with Crippen LogP contribution < -0.4 is 0 Å². The number of benzene rings is 8. The highest BCUT2D eigenvalue weighted by Gasteiger charge is 2.65. The van der Waals surface area contributed by atoms with Crippen LogP contribution in [0, 0.1) is 23.7 Å². The van der Waals surface area contributed by atoms with E-state index in [9.17, 15) is 0 Å². The van der Waals surface area contributed by atoms with Crippen LogP contribution in [0.25, 0.3) is 93.7 Å². The number of hydrogen-bond donors (Lipinski definition) is 0. The highest BCUT2D eigenvalue weighted by molar-refractivity contribution is 6.19. The SMILES string of the molecule is c1ccc(-c2nc(-n3c4ccc(-c5ccc6c(c5)-c5ccccc5C65C6CC7CC(C6)C5C7)cc4c4ccc5ccccc5c43)nc3c2ccc2ccccc23)cc1. The Morgan fingerprint density at radius 3 is 2.09 bits per heavy atom. The molecule has 274 valence electrons. The first-order valence-corrected chi connectivity index (χ1v) is 21.2. The number of nitrogens with zero attached hydrogens (tertiary/aromatic N) is 3. The van der Waals surface area contributed by atoms with Crippen LogP contribution in [0.2, 0.25) is 0 Å². The van der Waals surface area contributed by atoms with Crippen LogP contribution in [-0.2, 0) is 5.41 Å². The van der Waals surface area contributed by atoms with Crippen molar-refractivity contribution in [2.75, 3.05) is 0 Å². The van der Waals surface area contributed by atoms with E-state index >= 15 is 0 Å². The van der Waals surface area contributed by atoms with Gasteiger partial charge in [0.15, 0.2) is 0 Å². The Morgan fingerprint density at radius 1 is 0.483 bits per heavy atom. The highest BCUT2D eigenvalue weighted by Crippen LogP contribution is 2.73. The molecule has 5 aliphatic rings. The molecule has 0 N–H and O–H groups in total. The van der Waals surface area contributed by atoms with Gasteiger partial charge in [-0.2, -0.15) is 0 Å². The molecule has 0 radical (unpaired) electrons. The zero-order valence-corrected chi connectivity index (χ0v) is 32.1. The van der Waals surface area contributed by atoms with Gasteiger partial charge >= 0.3 is 0 Å². The minimum atomic E-state index is 0.199. The van der Waals surface area contributed by atoms with Crippen molar-refractivity contribution >= 4 is 54.3 Å². The summed E-state index contributed by atoms with van der Waals surface area (Å²) in [7, 11) is 0. The van der Waals surface area contributed by atoms with E-state index in [0.717, 1.165) is 62.3 Å². The van der Waals surface area contributed by atoms with E-state index in [1.54, 1.807) is 11.1 Å². The van der Waals surface area contributed by atoms with E-state index in [2.05, 4.69) is 168 Å². The minimum Gasteiger partial charge on any atom is -0.277 e. The van der Waals surface area contributed by atoms with Gasteiger partial charge in [0.2, 0.25) is 5.95 Å². The average molecular weight is 742 g/mol. The standard InChI is InChI=1S/C55H39N3/c1-2-12-35(13-3-1)51-44-23-19-33-10-4-6-14-40(33)52(44)57-54(56-51)58-50-25-21-37(31-46(50)43-22-18-34-11-5-7-15-41(34)53(43)58)36-20-24-48-45(30-36)42-16-8-9-17-47(42)55(48)39-27-32-26-38(29-39)49(55)28-32/h1-25,30-32,38-39,49H,26-29H2. The summed E-state index contributed by atoms with van der Waals surface area (Å²) in [6.07, 6.45) is 5.68. The smallest absolute Gasteiger partial charge is 0.235 e. The van der Waals surface area contributed by atoms with Crippen molar-refractivity contribution in [3.05, 3.63) is 175 Å². The normalized spacial score (nSPS) is 22.6. The lowest BCUT2D eigenvalue weighted by molar-refractivity contribution is 0.191. The Kier molecular flexibility index (Phi) is 6.13. The monoisotopic (exact) mass is 741 g/mol. The molecule has 3 heteroatoms. The number of aromatic nitrogens is 3. The molecule has 3 nitrogen and oxygen atoms in total. The van der Waals surface area contributed by atoms with Crippen LogP contribution >= 0.6 is 0 Å². The molecule has 58 heavy (non-hydrogen) atoms. The lowest BCUT2D eigenvalue weighted by Crippen LogP contribution is -2.40. The summed E-state index contributed by atoms with van der Waals surface area (Å²) in [6, 6.07) is 60.9. The third-order valence-corrected chi connectivity index (χ3v) is 15.2. The van der Waals surface area contributed by atoms with Gasteiger partial charge in [0.25, 0.3) is 0 Å². The Morgan fingerprint density at radius 2 is 1.21 bits per heavy atom. The van der Waals surface area contributed by atoms with Crippen molar-refractivity contribution in [1.29, 1.82) is 0 Å². The first-order valence-electron chi connectivity index (χ1n) is 21.2. The minimum absolute atomic E-state index is 0.199. The van der Waals surface area contributed by atoms with Crippen molar-refractivity contribution in [3.8, 4) is 39.5 Å². The number of fused-ring (bicyclic) bond motifs is 11. The largest absolute Gasteiger partial charge is 0.277 e. The summed E-state index contributed by atoms with van der Waals surface area (Å²) in [4.78, 5) is 11.0. The fourth-order valence-electron chi connectivity index (χ4n) is 13.1. The van der Waals surface area contributed by atoms with Crippen LogP contribution in [0.5, 0.6) is 0 Å². The zero-order valence-electron chi connectivity index (χ0n) is 32.1. The van der Waals surface area contributed by atoms with Gasteiger partial charge in [-0.05, 0) is 118 Å². The summed E-state index contributed by atoms with van der Waals surface area (Å²) in [5.74, 6) is 4.10. The molecule has 0 amide bonds. The molecular weight excluding hydrogens is 703 g/mol. The fourth-order valence-corrected chi connectivity index (χ4v) is 13.1. The second kappa shape index (κ2) is 11.3. The third-order valence-electron chi connectivity index (χ3n) is 15.2. The molecule has 4 fully saturated rings. The predicted octanol–water partition coefficient (Wildman–Crippen LogP) is 13.7. The number of hydrogen-bond acceptors (Lipinski definition) is 2. The van der Waals surface area contributed by atoms with Crippen LogP contribution in [0.1, 0.15) is 36.8 Å². The Hall–Kier alpha value is -6.58.